The Morgan fingerprint density at radius 1 is 1.10 bits per heavy atom. The summed E-state index contributed by atoms with van der Waals surface area (Å²) >= 11 is 0. The molecule has 3 rings (SSSR count). The van der Waals surface area contributed by atoms with E-state index in [2.05, 4.69) is 39.1 Å². The summed E-state index contributed by atoms with van der Waals surface area (Å²) < 4.78 is 1.72. The van der Waals surface area contributed by atoms with Crippen molar-refractivity contribution in [2.24, 2.45) is 0 Å². The molecule has 0 aliphatic carbocycles. The lowest BCUT2D eigenvalue weighted by atomic mass is 10.1. The monoisotopic (exact) mass is 392 g/mol. The molecule has 0 aliphatic rings. The maximum Gasteiger partial charge on any atom is 0.241 e. The molecule has 7 heteroatoms. The van der Waals surface area contributed by atoms with Gasteiger partial charge in [-0.15, -0.1) is 0 Å². The minimum absolute atomic E-state index is 0.0506. The molecule has 0 radical (unpaired) electrons. The Balaban J connectivity index is 1.72. The number of carbonyl (C=O) groups is 1. The van der Waals surface area contributed by atoms with Crippen molar-refractivity contribution in [2.45, 2.75) is 26.8 Å². The van der Waals surface area contributed by atoms with Crippen LogP contribution in [-0.2, 0) is 11.3 Å². The van der Waals surface area contributed by atoms with Crippen LogP contribution in [0.1, 0.15) is 20.3 Å². The second-order valence-electron chi connectivity index (χ2n) is 6.75. The number of carbonyl (C=O) groups excluding carboxylic acids is 1. The number of hydrogen-bond acceptors (Lipinski definition) is 5. The van der Waals surface area contributed by atoms with Gasteiger partial charge in [-0.2, -0.15) is 5.10 Å². The van der Waals surface area contributed by atoms with Gasteiger partial charge in [0.15, 0.2) is 0 Å². The molecule has 0 spiro atoms. The second kappa shape index (κ2) is 10.5. The maximum absolute atomic E-state index is 12.5. The standard InChI is InChI=1S/C22H28N6O/c1-3-27(4-2)14-8-13-25-21(29)17-28-22(18-9-7-11-23-15-18)19(16-26-28)20-10-5-6-12-24-20/h5-7,9-12,15-16H,3-4,8,13-14,17H2,1-2H3,(H,25,29). The Morgan fingerprint density at radius 2 is 1.97 bits per heavy atom. The molecule has 1 N–H and O–H groups in total. The van der Waals surface area contributed by atoms with Gasteiger partial charge in [-0.3, -0.25) is 19.4 Å². The minimum Gasteiger partial charge on any atom is -0.354 e. The average molecular weight is 393 g/mol. The van der Waals surface area contributed by atoms with Crippen LogP contribution >= 0.6 is 0 Å². The highest BCUT2D eigenvalue weighted by Gasteiger charge is 2.17. The van der Waals surface area contributed by atoms with Gasteiger partial charge in [0.05, 0.1) is 17.6 Å². The highest BCUT2D eigenvalue weighted by Crippen LogP contribution is 2.30. The fourth-order valence-electron chi connectivity index (χ4n) is 3.28. The number of aromatic nitrogens is 4. The zero-order valence-electron chi connectivity index (χ0n) is 17.1. The van der Waals surface area contributed by atoms with E-state index >= 15 is 0 Å². The molecule has 0 saturated heterocycles. The van der Waals surface area contributed by atoms with Crippen molar-refractivity contribution in [2.75, 3.05) is 26.2 Å². The molecular weight excluding hydrogens is 364 g/mol. The van der Waals surface area contributed by atoms with Crippen LogP contribution in [0.4, 0.5) is 0 Å². The molecule has 0 aliphatic heterocycles. The molecule has 3 aromatic rings. The quantitative estimate of drug-likeness (QED) is 0.537. The SMILES string of the molecule is CCN(CC)CCCNC(=O)Cn1ncc(-c2ccccn2)c1-c1cccnc1. The molecule has 3 heterocycles. The molecule has 0 atom stereocenters. The van der Waals surface area contributed by atoms with E-state index in [9.17, 15) is 4.79 Å². The average Bonchev–Trinajstić information content (AvgIpc) is 3.18. The van der Waals surface area contributed by atoms with Crippen molar-refractivity contribution in [3.05, 3.63) is 55.1 Å². The Labute approximate surface area is 171 Å². The third-order valence-corrected chi connectivity index (χ3v) is 4.88. The first-order valence-corrected chi connectivity index (χ1v) is 10.1. The number of pyridine rings is 2. The van der Waals surface area contributed by atoms with Crippen LogP contribution in [0.25, 0.3) is 22.5 Å². The molecule has 152 valence electrons. The highest BCUT2D eigenvalue weighted by atomic mass is 16.2. The molecule has 1 amide bonds. The first-order valence-electron chi connectivity index (χ1n) is 10.1. The first kappa shape index (κ1) is 20.7. The lowest BCUT2D eigenvalue weighted by molar-refractivity contribution is -0.121. The molecule has 0 unspecified atom stereocenters. The highest BCUT2D eigenvalue weighted by molar-refractivity contribution is 5.81. The third kappa shape index (κ3) is 5.48. The van der Waals surface area contributed by atoms with Gasteiger partial charge in [-0.25, -0.2) is 0 Å². The smallest absolute Gasteiger partial charge is 0.241 e. The van der Waals surface area contributed by atoms with Gasteiger partial charge in [0.25, 0.3) is 0 Å². The minimum atomic E-state index is -0.0506. The number of nitrogens with one attached hydrogen (secondary N) is 1. The molecule has 0 fully saturated rings. The Bertz CT molecular complexity index is 890. The maximum atomic E-state index is 12.5. The van der Waals surface area contributed by atoms with E-state index in [0.717, 1.165) is 48.6 Å². The van der Waals surface area contributed by atoms with Gasteiger partial charge < -0.3 is 10.2 Å². The predicted octanol–water partition coefficient (Wildman–Crippen LogP) is 2.86. The normalized spacial score (nSPS) is 11.0. The summed E-state index contributed by atoms with van der Waals surface area (Å²) in [5.41, 5.74) is 3.44. The van der Waals surface area contributed by atoms with E-state index in [4.69, 9.17) is 0 Å². The van der Waals surface area contributed by atoms with Crippen LogP contribution in [0.5, 0.6) is 0 Å². The number of rotatable bonds is 10. The largest absolute Gasteiger partial charge is 0.354 e. The van der Waals surface area contributed by atoms with E-state index in [1.165, 1.54) is 0 Å². The fraction of sp³-hybridized carbons (Fsp3) is 0.364. The summed E-state index contributed by atoms with van der Waals surface area (Å²) in [6.07, 6.45) is 7.96. The van der Waals surface area contributed by atoms with Gasteiger partial charge >= 0.3 is 0 Å². The Morgan fingerprint density at radius 3 is 2.66 bits per heavy atom. The van der Waals surface area contributed by atoms with Crippen LogP contribution in [-0.4, -0.2) is 56.7 Å². The van der Waals surface area contributed by atoms with Gasteiger partial charge in [0.2, 0.25) is 5.91 Å². The zero-order chi connectivity index (χ0) is 20.5. The predicted molar refractivity (Wildman–Crippen MR) is 114 cm³/mol. The van der Waals surface area contributed by atoms with Crippen molar-refractivity contribution >= 4 is 5.91 Å². The van der Waals surface area contributed by atoms with Crippen molar-refractivity contribution in [1.29, 1.82) is 0 Å². The van der Waals surface area contributed by atoms with E-state index < -0.39 is 0 Å². The fourth-order valence-corrected chi connectivity index (χ4v) is 3.28. The zero-order valence-corrected chi connectivity index (χ0v) is 17.1. The van der Waals surface area contributed by atoms with Crippen molar-refractivity contribution < 1.29 is 4.79 Å². The lowest BCUT2D eigenvalue weighted by Crippen LogP contribution is -2.32. The lowest BCUT2D eigenvalue weighted by Gasteiger charge is -2.17. The van der Waals surface area contributed by atoms with Crippen LogP contribution in [0, 0.1) is 0 Å². The molecule has 3 aromatic heterocycles. The molecular formula is C22H28N6O. The van der Waals surface area contributed by atoms with Crippen LogP contribution < -0.4 is 5.32 Å². The molecule has 0 bridgehead atoms. The van der Waals surface area contributed by atoms with Gasteiger partial charge in [0.1, 0.15) is 6.54 Å². The van der Waals surface area contributed by atoms with E-state index in [1.54, 1.807) is 29.5 Å². The van der Waals surface area contributed by atoms with Gasteiger partial charge in [0, 0.05) is 36.3 Å². The van der Waals surface area contributed by atoms with Crippen LogP contribution in [0.15, 0.2) is 55.1 Å². The molecule has 29 heavy (non-hydrogen) atoms. The summed E-state index contributed by atoms with van der Waals surface area (Å²) in [5.74, 6) is -0.0506. The summed E-state index contributed by atoms with van der Waals surface area (Å²) in [4.78, 5) is 23.5. The van der Waals surface area contributed by atoms with E-state index in [-0.39, 0.29) is 12.5 Å². The van der Waals surface area contributed by atoms with Gasteiger partial charge in [-0.05, 0) is 50.3 Å². The van der Waals surface area contributed by atoms with Gasteiger partial charge in [-0.1, -0.05) is 19.9 Å². The van der Waals surface area contributed by atoms with Crippen molar-refractivity contribution in [1.82, 2.24) is 30.0 Å². The third-order valence-electron chi connectivity index (χ3n) is 4.88. The molecule has 7 nitrogen and oxygen atoms in total. The summed E-state index contributed by atoms with van der Waals surface area (Å²) in [6, 6.07) is 9.60. The van der Waals surface area contributed by atoms with Crippen molar-refractivity contribution in [3.63, 3.8) is 0 Å². The van der Waals surface area contributed by atoms with E-state index in [0.29, 0.717) is 6.54 Å². The van der Waals surface area contributed by atoms with E-state index in [1.807, 2.05) is 30.3 Å². The molecule has 0 aromatic carbocycles. The van der Waals surface area contributed by atoms with Crippen LogP contribution in [0.2, 0.25) is 0 Å². The second-order valence-corrected chi connectivity index (χ2v) is 6.75. The Kier molecular flexibility index (Phi) is 7.47. The topological polar surface area (TPSA) is 75.9 Å². The number of nitrogens with zero attached hydrogens (tertiary/aromatic N) is 5. The Hall–Kier alpha value is -3.06. The summed E-state index contributed by atoms with van der Waals surface area (Å²) in [5, 5.41) is 7.48. The number of amides is 1. The molecule has 0 saturated carbocycles. The van der Waals surface area contributed by atoms with Crippen molar-refractivity contribution in [3.8, 4) is 22.5 Å². The first-order chi connectivity index (χ1) is 14.2. The summed E-state index contributed by atoms with van der Waals surface area (Å²) in [6.45, 7) is 8.16. The summed E-state index contributed by atoms with van der Waals surface area (Å²) in [7, 11) is 0. The van der Waals surface area contributed by atoms with Crippen LogP contribution in [0.3, 0.4) is 0 Å². The number of hydrogen-bond donors (Lipinski definition) is 1.